The van der Waals surface area contributed by atoms with Crippen LogP contribution in [-0.4, -0.2) is 5.78 Å². The summed E-state index contributed by atoms with van der Waals surface area (Å²) < 4.78 is 0. The van der Waals surface area contributed by atoms with Gasteiger partial charge in [-0.3, -0.25) is 4.79 Å². The molecule has 17 heavy (non-hydrogen) atoms. The number of rotatable bonds is 2. The van der Waals surface area contributed by atoms with Gasteiger partial charge in [0, 0.05) is 28.2 Å². The number of benzene rings is 2. The molecule has 4 nitrogen and oxygen atoms in total. The molecule has 0 aliphatic carbocycles. The topological polar surface area (TPSA) is 95.1 Å². The summed E-state index contributed by atoms with van der Waals surface area (Å²) in [7, 11) is 0. The summed E-state index contributed by atoms with van der Waals surface area (Å²) in [5.41, 5.74) is 19.3. The Hall–Kier alpha value is -2.49. The second-order valence-electron chi connectivity index (χ2n) is 3.80. The fourth-order valence-corrected chi connectivity index (χ4v) is 1.67. The van der Waals surface area contributed by atoms with Gasteiger partial charge in [0.15, 0.2) is 5.78 Å². The smallest absolute Gasteiger partial charge is 0.195 e. The minimum absolute atomic E-state index is 0.179. The molecule has 2 aromatic carbocycles. The van der Waals surface area contributed by atoms with Crippen molar-refractivity contribution in [2.45, 2.75) is 0 Å². The van der Waals surface area contributed by atoms with Crippen LogP contribution in [0.2, 0.25) is 0 Å². The predicted octanol–water partition coefficient (Wildman–Crippen LogP) is 1.66. The quantitative estimate of drug-likeness (QED) is 0.537. The van der Waals surface area contributed by atoms with Crippen LogP contribution in [-0.2, 0) is 0 Å². The molecule has 2 aromatic rings. The van der Waals surface area contributed by atoms with Crippen LogP contribution in [0.4, 0.5) is 17.1 Å². The van der Waals surface area contributed by atoms with Crippen molar-refractivity contribution >= 4 is 22.8 Å². The minimum Gasteiger partial charge on any atom is -0.399 e. The van der Waals surface area contributed by atoms with Crippen molar-refractivity contribution in [3.8, 4) is 0 Å². The predicted molar refractivity (Wildman–Crippen MR) is 69.6 cm³/mol. The van der Waals surface area contributed by atoms with Crippen LogP contribution < -0.4 is 17.2 Å². The zero-order chi connectivity index (χ0) is 12.4. The van der Waals surface area contributed by atoms with Crippen molar-refractivity contribution in [3.63, 3.8) is 0 Å². The zero-order valence-corrected chi connectivity index (χ0v) is 9.18. The van der Waals surface area contributed by atoms with E-state index >= 15 is 0 Å². The fraction of sp³-hybridized carbons (Fsp3) is 0. The van der Waals surface area contributed by atoms with E-state index in [9.17, 15) is 4.79 Å². The highest BCUT2D eigenvalue weighted by molar-refractivity contribution is 6.12. The van der Waals surface area contributed by atoms with Gasteiger partial charge in [0.2, 0.25) is 0 Å². The molecular formula is C13H13N3O. The molecule has 6 N–H and O–H groups in total. The summed E-state index contributed by atoms with van der Waals surface area (Å²) in [5, 5.41) is 0. The van der Waals surface area contributed by atoms with Crippen LogP contribution in [0.5, 0.6) is 0 Å². The number of hydrogen-bond acceptors (Lipinski definition) is 4. The van der Waals surface area contributed by atoms with Gasteiger partial charge in [-0.15, -0.1) is 0 Å². The molecule has 2 rings (SSSR count). The fourth-order valence-electron chi connectivity index (χ4n) is 1.67. The lowest BCUT2D eigenvalue weighted by atomic mass is 10.0. The number of nitrogens with two attached hydrogens (primary N) is 3. The van der Waals surface area contributed by atoms with E-state index in [-0.39, 0.29) is 5.78 Å². The molecule has 0 unspecified atom stereocenters. The van der Waals surface area contributed by atoms with Gasteiger partial charge in [-0.1, -0.05) is 12.1 Å². The average Bonchev–Trinajstić information content (AvgIpc) is 2.27. The molecule has 0 aromatic heterocycles. The monoisotopic (exact) mass is 227 g/mol. The van der Waals surface area contributed by atoms with Gasteiger partial charge in [0.1, 0.15) is 0 Å². The van der Waals surface area contributed by atoms with Crippen molar-refractivity contribution in [2.75, 3.05) is 17.2 Å². The largest absolute Gasteiger partial charge is 0.399 e. The Morgan fingerprint density at radius 2 is 1.47 bits per heavy atom. The van der Waals surface area contributed by atoms with Crippen LogP contribution >= 0.6 is 0 Å². The lowest BCUT2D eigenvalue weighted by molar-refractivity contribution is 0.103. The third kappa shape index (κ3) is 2.20. The maximum atomic E-state index is 12.2. The Balaban J connectivity index is 2.48. The summed E-state index contributed by atoms with van der Waals surface area (Å²) in [6.45, 7) is 0. The highest BCUT2D eigenvalue weighted by Crippen LogP contribution is 2.20. The lowest BCUT2D eigenvalue weighted by Gasteiger charge is -2.06. The lowest BCUT2D eigenvalue weighted by Crippen LogP contribution is -2.06. The van der Waals surface area contributed by atoms with Gasteiger partial charge in [-0.05, 0) is 30.3 Å². The third-order valence-electron chi connectivity index (χ3n) is 2.45. The first kappa shape index (κ1) is 11.0. The second-order valence-corrected chi connectivity index (χ2v) is 3.80. The van der Waals surface area contributed by atoms with Crippen LogP contribution in [0, 0.1) is 0 Å². The summed E-state index contributed by atoms with van der Waals surface area (Å²) in [4.78, 5) is 12.2. The normalized spacial score (nSPS) is 10.1. The molecule has 0 saturated carbocycles. The van der Waals surface area contributed by atoms with E-state index in [1.807, 2.05) is 0 Å². The van der Waals surface area contributed by atoms with E-state index in [4.69, 9.17) is 17.2 Å². The zero-order valence-electron chi connectivity index (χ0n) is 9.18. The van der Waals surface area contributed by atoms with E-state index in [1.165, 1.54) is 0 Å². The molecule has 0 aliphatic rings. The third-order valence-corrected chi connectivity index (χ3v) is 2.45. The summed E-state index contributed by atoms with van der Waals surface area (Å²) >= 11 is 0. The molecule has 0 saturated heterocycles. The first-order chi connectivity index (χ1) is 8.08. The number of para-hydroxylation sites is 1. The first-order valence-corrected chi connectivity index (χ1v) is 5.13. The Bertz CT molecular complexity index is 558. The van der Waals surface area contributed by atoms with E-state index in [0.717, 1.165) is 0 Å². The number of ketones is 1. The Morgan fingerprint density at radius 3 is 2.06 bits per heavy atom. The first-order valence-electron chi connectivity index (χ1n) is 5.13. The summed E-state index contributed by atoms with van der Waals surface area (Å²) in [6, 6.07) is 11.7. The van der Waals surface area contributed by atoms with Gasteiger partial charge < -0.3 is 17.2 Å². The Labute approximate surface area is 99.0 Å². The summed E-state index contributed by atoms with van der Waals surface area (Å²) in [5.74, 6) is -0.179. The van der Waals surface area contributed by atoms with E-state index in [1.54, 1.807) is 42.5 Å². The Kier molecular flexibility index (Phi) is 2.70. The van der Waals surface area contributed by atoms with Gasteiger partial charge in [0.05, 0.1) is 0 Å². The van der Waals surface area contributed by atoms with Crippen molar-refractivity contribution in [2.24, 2.45) is 0 Å². The standard InChI is InChI=1S/C13H13N3O/c14-9-5-8(6-10(15)7-9)13(17)11-3-1-2-4-12(11)16/h1-7H,14-16H2. The van der Waals surface area contributed by atoms with Gasteiger partial charge >= 0.3 is 0 Å². The molecule has 4 heteroatoms. The molecule has 86 valence electrons. The number of carbonyl (C=O) groups excluding carboxylic acids is 1. The van der Waals surface area contributed by atoms with Gasteiger partial charge in [-0.2, -0.15) is 0 Å². The average molecular weight is 227 g/mol. The Morgan fingerprint density at radius 1 is 0.882 bits per heavy atom. The number of anilines is 3. The highest BCUT2D eigenvalue weighted by atomic mass is 16.1. The molecule has 0 bridgehead atoms. The van der Waals surface area contributed by atoms with Crippen molar-refractivity contribution < 1.29 is 4.79 Å². The van der Waals surface area contributed by atoms with Gasteiger partial charge in [0.25, 0.3) is 0 Å². The van der Waals surface area contributed by atoms with Crippen LogP contribution in [0.3, 0.4) is 0 Å². The highest BCUT2D eigenvalue weighted by Gasteiger charge is 2.12. The molecule has 0 spiro atoms. The van der Waals surface area contributed by atoms with Crippen LogP contribution in [0.1, 0.15) is 15.9 Å². The molecular weight excluding hydrogens is 214 g/mol. The maximum absolute atomic E-state index is 12.2. The molecule has 0 aliphatic heterocycles. The number of hydrogen-bond donors (Lipinski definition) is 3. The molecule has 0 radical (unpaired) electrons. The minimum atomic E-state index is -0.179. The molecule has 0 atom stereocenters. The SMILES string of the molecule is Nc1cc(N)cc(C(=O)c2ccccc2N)c1. The summed E-state index contributed by atoms with van der Waals surface area (Å²) in [6.07, 6.45) is 0. The van der Waals surface area contributed by atoms with Gasteiger partial charge in [-0.25, -0.2) is 0 Å². The molecule has 0 amide bonds. The van der Waals surface area contributed by atoms with Crippen LogP contribution in [0.15, 0.2) is 42.5 Å². The molecule has 0 fully saturated rings. The second kappa shape index (κ2) is 4.17. The number of nitrogen functional groups attached to an aromatic ring is 3. The van der Waals surface area contributed by atoms with Crippen molar-refractivity contribution in [1.82, 2.24) is 0 Å². The van der Waals surface area contributed by atoms with E-state index in [2.05, 4.69) is 0 Å². The van der Waals surface area contributed by atoms with Crippen molar-refractivity contribution in [3.05, 3.63) is 53.6 Å². The van der Waals surface area contributed by atoms with E-state index < -0.39 is 0 Å². The van der Waals surface area contributed by atoms with Crippen LogP contribution in [0.25, 0.3) is 0 Å². The molecule has 0 heterocycles. The van der Waals surface area contributed by atoms with E-state index in [0.29, 0.717) is 28.2 Å². The number of carbonyl (C=O) groups is 1. The maximum Gasteiger partial charge on any atom is 0.195 e. The van der Waals surface area contributed by atoms with Crippen molar-refractivity contribution in [1.29, 1.82) is 0 Å².